The van der Waals surface area contributed by atoms with E-state index in [0.29, 0.717) is 5.75 Å². The molecule has 0 saturated heterocycles. The Morgan fingerprint density at radius 3 is 2.46 bits per heavy atom. The van der Waals surface area contributed by atoms with Gasteiger partial charge in [-0.2, -0.15) is 0 Å². The quantitative estimate of drug-likeness (QED) is 0.586. The summed E-state index contributed by atoms with van der Waals surface area (Å²) >= 11 is 4.98. The molecule has 0 aliphatic heterocycles. The lowest BCUT2D eigenvalue weighted by molar-refractivity contribution is -0.123. The summed E-state index contributed by atoms with van der Waals surface area (Å²) in [6.07, 6.45) is 0. The van der Waals surface area contributed by atoms with Gasteiger partial charge in [-0.15, -0.1) is 0 Å². The van der Waals surface area contributed by atoms with Gasteiger partial charge in [0.25, 0.3) is 5.91 Å². The topological polar surface area (TPSA) is 62.4 Å². The molecule has 126 valence electrons. The summed E-state index contributed by atoms with van der Waals surface area (Å²) in [6, 6.07) is 11.8. The van der Waals surface area contributed by atoms with E-state index in [1.165, 1.54) is 12.1 Å². The minimum atomic E-state index is -0.439. The van der Waals surface area contributed by atoms with Gasteiger partial charge < -0.3 is 10.1 Å². The zero-order valence-electron chi connectivity index (χ0n) is 13.4. The second-order valence-corrected chi connectivity index (χ2v) is 5.63. The van der Waals surface area contributed by atoms with Gasteiger partial charge in [-0.05, 0) is 61.5 Å². The van der Waals surface area contributed by atoms with E-state index in [2.05, 4.69) is 16.2 Å². The van der Waals surface area contributed by atoms with Crippen molar-refractivity contribution >= 4 is 28.9 Å². The third kappa shape index (κ3) is 5.51. The fourth-order valence-corrected chi connectivity index (χ4v) is 2.20. The molecular weight excluding hydrogens is 329 g/mol. The number of amides is 1. The second-order valence-electron chi connectivity index (χ2n) is 5.22. The maximum Gasteiger partial charge on any atom is 0.276 e. The van der Waals surface area contributed by atoms with Gasteiger partial charge in [-0.1, -0.05) is 18.2 Å². The summed E-state index contributed by atoms with van der Waals surface area (Å²) in [7, 11) is 0. The maximum atomic E-state index is 13.5. The molecule has 1 amide bonds. The van der Waals surface area contributed by atoms with Gasteiger partial charge in [-0.3, -0.25) is 15.6 Å². The molecule has 24 heavy (non-hydrogen) atoms. The molecule has 2 aromatic carbocycles. The SMILES string of the molecule is Cc1cc(C)cc(OCC(=O)NNC(=S)Nc2ccccc2F)c1. The number of hydrogen-bond acceptors (Lipinski definition) is 3. The first-order valence-electron chi connectivity index (χ1n) is 7.25. The van der Waals surface area contributed by atoms with Crippen LogP contribution < -0.4 is 20.9 Å². The highest BCUT2D eigenvalue weighted by Crippen LogP contribution is 2.16. The number of hydrazine groups is 1. The lowest BCUT2D eigenvalue weighted by Crippen LogP contribution is -2.45. The van der Waals surface area contributed by atoms with Crippen molar-refractivity contribution in [3.8, 4) is 5.75 Å². The van der Waals surface area contributed by atoms with Crippen molar-refractivity contribution in [3.63, 3.8) is 0 Å². The number of hydrogen-bond donors (Lipinski definition) is 3. The van der Waals surface area contributed by atoms with E-state index >= 15 is 0 Å². The van der Waals surface area contributed by atoms with Crippen LogP contribution in [0.1, 0.15) is 11.1 Å². The number of nitrogens with one attached hydrogen (secondary N) is 3. The van der Waals surface area contributed by atoms with Crippen molar-refractivity contribution < 1.29 is 13.9 Å². The normalized spacial score (nSPS) is 9.96. The first-order valence-corrected chi connectivity index (χ1v) is 7.66. The van der Waals surface area contributed by atoms with E-state index in [1.807, 2.05) is 32.0 Å². The van der Waals surface area contributed by atoms with Crippen LogP contribution in [0, 0.1) is 19.7 Å². The van der Waals surface area contributed by atoms with Crippen molar-refractivity contribution in [2.75, 3.05) is 11.9 Å². The molecule has 0 spiro atoms. The van der Waals surface area contributed by atoms with Crippen LogP contribution in [0.4, 0.5) is 10.1 Å². The standard InChI is InChI=1S/C17H18FN3O2S/c1-11-7-12(2)9-13(8-11)23-10-16(22)20-21-17(24)19-15-6-4-3-5-14(15)18/h3-9H,10H2,1-2H3,(H,20,22)(H2,19,21,24). The lowest BCUT2D eigenvalue weighted by Gasteiger charge is -2.12. The molecular formula is C17H18FN3O2S. The Hall–Kier alpha value is -2.67. The Bertz CT molecular complexity index is 732. The Kier molecular flexibility index (Phi) is 6.08. The Morgan fingerprint density at radius 1 is 1.12 bits per heavy atom. The summed E-state index contributed by atoms with van der Waals surface area (Å²) < 4.78 is 18.9. The van der Waals surface area contributed by atoms with E-state index in [9.17, 15) is 9.18 Å². The molecule has 0 aliphatic rings. The van der Waals surface area contributed by atoms with Crippen molar-refractivity contribution in [2.24, 2.45) is 0 Å². The highest BCUT2D eigenvalue weighted by Gasteiger charge is 2.06. The number of para-hydroxylation sites is 1. The van der Waals surface area contributed by atoms with Crippen LogP contribution in [0.2, 0.25) is 0 Å². The smallest absolute Gasteiger partial charge is 0.276 e. The number of ether oxygens (including phenoxy) is 1. The average molecular weight is 347 g/mol. The molecule has 0 atom stereocenters. The molecule has 0 heterocycles. The fourth-order valence-electron chi connectivity index (χ4n) is 2.04. The van der Waals surface area contributed by atoms with Crippen molar-refractivity contribution in [3.05, 3.63) is 59.4 Å². The van der Waals surface area contributed by atoms with Gasteiger partial charge >= 0.3 is 0 Å². The van der Waals surface area contributed by atoms with Gasteiger partial charge in [0.15, 0.2) is 11.7 Å². The van der Waals surface area contributed by atoms with Gasteiger partial charge in [-0.25, -0.2) is 4.39 Å². The van der Waals surface area contributed by atoms with Crippen LogP contribution >= 0.6 is 12.2 Å². The lowest BCUT2D eigenvalue weighted by atomic mass is 10.1. The predicted molar refractivity (Wildman–Crippen MR) is 95.3 cm³/mol. The van der Waals surface area contributed by atoms with Crippen LogP contribution in [0.5, 0.6) is 5.75 Å². The summed E-state index contributed by atoms with van der Waals surface area (Å²) in [5.41, 5.74) is 7.20. The number of anilines is 1. The number of rotatable bonds is 4. The Balaban J connectivity index is 1.76. The van der Waals surface area contributed by atoms with Gasteiger partial charge in [0, 0.05) is 0 Å². The third-order valence-corrected chi connectivity index (χ3v) is 3.21. The van der Waals surface area contributed by atoms with Crippen LogP contribution in [0.15, 0.2) is 42.5 Å². The number of halogens is 1. The minimum Gasteiger partial charge on any atom is -0.484 e. The molecule has 0 fully saturated rings. The van der Waals surface area contributed by atoms with Crippen LogP contribution in [0.3, 0.4) is 0 Å². The predicted octanol–water partition coefficient (Wildman–Crippen LogP) is 2.84. The Labute approximate surface area is 145 Å². The summed E-state index contributed by atoms with van der Waals surface area (Å²) in [4.78, 5) is 11.7. The maximum absolute atomic E-state index is 13.5. The third-order valence-electron chi connectivity index (χ3n) is 3.00. The fraction of sp³-hybridized carbons (Fsp3) is 0.176. The Morgan fingerprint density at radius 2 is 1.79 bits per heavy atom. The molecule has 7 heteroatoms. The largest absolute Gasteiger partial charge is 0.484 e. The molecule has 5 nitrogen and oxygen atoms in total. The molecule has 0 radical (unpaired) electrons. The molecule has 0 saturated carbocycles. The number of aryl methyl sites for hydroxylation is 2. The summed E-state index contributed by atoms with van der Waals surface area (Å²) in [5.74, 6) is -0.229. The molecule has 2 aromatic rings. The molecule has 0 bridgehead atoms. The molecule has 2 rings (SSSR count). The first kappa shape index (κ1) is 17.7. The van der Waals surface area contributed by atoms with Crippen LogP contribution in [0.25, 0.3) is 0 Å². The van der Waals surface area contributed by atoms with Gasteiger partial charge in [0.1, 0.15) is 11.6 Å². The summed E-state index contributed by atoms with van der Waals surface area (Å²) in [6.45, 7) is 3.74. The first-order chi connectivity index (χ1) is 11.4. The molecule has 3 N–H and O–H groups in total. The molecule has 0 aliphatic carbocycles. The number of carbonyl (C=O) groups excluding carboxylic acids is 1. The average Bonchev–Trinajstić information content (AvgIpc) is 2.52. The van der Waals surface area contributed by atoms with Crippen molar-refractivity contribution in [1.29, 1.82) is 0 Å². The van der Waals surface area contributed by atoms with Crippen molar-refractivity contribution in [2.45, 2.75) is 13.8 Å². The van der Waals surface area contributed by atoms with Gasteiger partial charge in [0.05, 0.1) is 5.69 Å². The number of thiocarbonyl (C=S) groups is 1. The van der Waals surface area contributed by atoms with Crippen LogP contribution in [-0.2, 0) is 4.79 Å². The van der Waals surface area contributed by atoms with E-state index in [-0.39, 0.29) is 17.4 Å². The van der Waals surface area contributed by atoms with E-state index in [0.717, 1.165) is 11.1 Å². The van der Waals surface area contributed by atoms with Gasteiger partial charge in [0.2, 0.25) is 0 Å². The monoisotopic (exact) mass is 347 g/mol. The minimum absolute atomic E-state index is 0.0693. The van der Waals surface area contributed by atoms with E-state index in [4.69, 9.17) is 17.0 Å². The summed E-state index contributed by atoms with van der Waals surface area (Å²) in [5, 5.41) is 2.71. The van der Waals surface area contributed by atoms with Crippen LogP contribution in [-0.4, -0.2) is 17.6 Å². The molecule has 0 unspecified atom stereocenters. The number of carbonyl (C=O) groups is 1. The highest BCUT2D eigenvalue weighted by atomic mass is 32.1. The second kappa shape index (κ2) is 8.26. The zero-order chi connectivity index (χ0) is 17.5. The zero-order valence-corrected chi connectivity index (χ0v) is 14.2. The van der Waals surface area contributed by atoms with E-state index in [1.54, 1.807) is 12.1 Å². The van der Waals surface area contributed by atoms with E-state index < -0.39 is 11.7 Å². The molecule has 0 aromatic heterocycles. The number of benzene rings is 2. The van der Waals surface area contributed by atoms with Crippen molar-refractivity contribution in [1.82, 2.24) is 10.9 Å². The highest BCUT2D eigenvalue weighted by molar-refractivity contribution is 7.80.